The monoisotopic (exact) mass is 292 g/mol. The summed E-state index contributed by atoms with van der Waals surface area (Å²) in [6.45, 7) is 3.70. The van der Waals surface area contributed by atoms with Gasteiger partial charge in [-0.2, -0.15) is 13.2 Å². The minimum Gasteiger partial charge on any atom is -0.490 e. The van der Waals surface area contributed by atoms with Crippen molar-refractivity contribution in [3.05, 3.63) is 29.6 Å². The van der Waals surface area contributed by atoms with Gasteiger partial charge in [0, 0.05) is 11.8 Å². The molecule has 3 unspecified atom stereocenters. The molecule has 1 fully saturated rings. The highest BCUT2D eigenvalue weighted by Gasteiger charge is 2.51. The molecule has 0 saturated heterocycles. The molecule has 0 heterocycles. The molecule has 0 aromatic heterocycles. The largest absolute Gasteiger partial charge is 0.490 e. The van der Waals surface area contributed by atoms with Crippen LogP contribution in [-0.4, -0.2) is 17.3 Å². The van der Waals surface area contributed by atoms with E-state index in [1.165, 1.54) is 6.07 Å². The van der Waals surface area contributed by atoms with Crippen molar-refractivity contribution >= 4 is 0 Å². The Kier molecular flexibility index (Phi) is 3.71. The second kappa shape index (κ2) is 4.91. The molecule has 1 aromatic rings. The lowest BCUT2D eigenvalue weighted by Crippen LogP contribution is -2.57. The van der Waals surface area contributed by atoms with E-state index >= 15 is 0 Å². The third-order valence-corrected chi connectivity index (χ3v) is 4.22. The van der Waals surface area contributed by atoms with E-state index < -0.39 is 29.1 Å². The predicted octanol–water partition coefficient (Wildman–Crippen LogP) is 3.77. The SMILES string of the molecule is CCC1(C)C(O)CC1Oc1ccc(F)c(C(F)(F)F)c1. The Morgan fingerprint density at radius 1 is 1.40 bits per heavy atom. The summed E-state index contributed by atoms with van der Waals surface area (Å²) in [5.41, 5.74) is -1.82. The Morgan fingerprint density at radius 2 is 2.05 bits per heavy atom. The zero-order valence-electron chi connectivity index (χ0n) is 11.2. The number of hydrogen-bond acceptors (Lipinski definition) is 2. The lowest BCUT2D eigenvalue weighted by Gasteiger charge is -2.50. The van der Waals surface area contributed by atoms with Crippen LogP contribution in [0, 0.1) is 11.2 Å². The molecule has 2 rings (SSSR count). The van der Waals surface area contributed by atoms with Crippen molar-refractivity contribution in [2.45, 2.75) is 45.1 Å². The van der Waals surface area contributed by atoms with Crippen LogP contribution in [0.4, 0.5) is 17.6 Å². The molecule has 112 valence electrons. The first kappa shape index (κ1) is 15.1. The Morgan fingerprint density at radius 3 is 2.55 bits per heavy atom. The fraction of sp³-hybridized carbons (Fsp3) is 0.571. The van der Waals surface area contributed by atoms with E-state index in [1.54, 1.807) is 0 Å². The summed E-state index contributed by atoms with van der Waals surface area (Å²) in [7, 11) is 0. The van der Waals surface area contributed by atoms with Crippen molar-refractivity contribution in [2.24, 2.45) is 5.41 Å². The molecule has 1 aliphatic rings. The Hall–Kier alpha value is -1.30. The first-order valence-corrected chi connectivity index (χ1v) is 6.40. The molecule has 1 saturated carbocycles. The van der Waals surface area contributed by atoms with Gasteiger partial charge in [0.15, 0.2) is 0 Å². The van der Waals surface area contributed by atoms with E-state index in [4.69, 9.17) is 4.74 Å². The van der Waals surface area contributed by atoms with Crippen LogP contribution in [0.2, 0.25) is 0 Å². The van der Waals surface area contributed by atoms with Gasteiger partial charge in [0.25, 0.3) is 0 Å². The molecule has 1 aromatic carbocycles. The molecule has 1 N–H and O–H groups in total. The van der Waals surface area contributed by atoms with E-state index in [0.717, 1.165) is 6.07 Å². The molecule has 0 radical (unpaired) electrons. The molecule has 0 amide bonds. The number of halogens is 4. The van der Waals surface area contributed by atoms with Crippen molar-refractivity contribution in [2.75, 3.05) is 0 Å². The molecule has 6 heteroatoms. The van der Waals surface area contributed by atoms with Gasteiger partial charge in [0.2, 0.25) is 0 Å². The minimum absolute atomic E-state index is 0.0321. The number of rotatable bonds is 3. The van der Waals surface area contributed by atoms with Crippen molar-refractivity contribution < 1.29 is 27.4 Å². The summed E-state index contributed by atoms with van der Waals surface area (Å²) in [5, 5.41) is 9.72. The molecule has 0 bridgehead atoms. The number of benzene rings is 1. The van der Waals surface area contributed by atoms with Crippen LogP contribution in [0.25, 0.3) is 0 Å². The van der Waals surface area contributed by atoms with Gasteiger partial charge in [-0.1, -0.05) is 13.8 Å². The summed E-state index contributed by atoms with van der Waals surface area (Å²) in [6, 6.07) is 2.58. The van der Waals surface area contributed by atoms with E-state index in [1.807, 2.05) is 13.8 Å². The molecule has 0 aliphatic heterocycles. The Bertz CT molecular complexity index is 500. The maximum atomic E-state index is 13.2. The van der Waals surface area contributed by atoms with E-state index in [9.17, 15) is 22.7 Å². The molecule has 1 aliphatic carbocycles. The van der Waals surface area contributed by atoms with Crippen LogP contribution in [0.3, 0.4) is 0 Å². The van der Waals surface area contributed by atoms with E-state index in [-0.39, 0.29) is 11.9 Å². The molecule has 2 nitrogen and oxygen atoms in total. The smallest absolute Gasteiger partial charge is 0.419 e. The first-order chi connectivity index (χ1) is 9.18. The van der Waals surface area contributed by atoms with E-state index in [0.29, 0.717) is 18.9 Å². The van der Waals surface area contributed by atoms with Crippen molar-refractivity contribution in [3.8, 4) is 5.75 Å². The number of alkyl halides is 3. The van der Waals surface area contributed by atoms with Crippen LogP contribution in [0.5, 0.6) is 5.75 Å². The first-order valence-electron chi connectivity index (χ1n) is 6.40. The normalized spacial score (nSPS) is 29.9. The lowest BCUT2D eigenvalue weighted by molar-refractivity contribution is -0.149. The van der Waals surface area contributed by atoms with Crippen LogP contribution in [-0.2, 0) is 6.18 Å². The standard InChI is InChI=1S/C14H16F4O2/c1-3-13(2)11(19)7-12(13)20-8-4-5-10(15)9(6-8)14(16,17)18/h4-6,11-12,19H,3,7H2,1-2H3. The molecular weight excluding hydrogens is 276 g/mol. The van der Waals surface area contributed by atoms with E-state index in [2.05, 4.69) is 0 Å². The summed E-state index contributed by atoms with van der Waals surface area (Å²) >= 11 is 0. The summed E-state index contributed by atoms with van der Waals surface area (Å²) in [6.07, 6.45) is -4.64. The molecule has 20 heavy (non-hydrogen) atoms. The second-order valence-electron chi connectivity index (χ2n) is 5.36. The predicted molar refractivity (Wildman–Crippen MR) is 64.8 cm³/mol. The van der Waals surface area contributed by atoms with Crippen molar-refractivity contribution in [1.29, 1.82) is 0 Å². The molecular formula is C14H16F4O2. The number of aliphatic hydroxyl groups excluding tert-OH is 1. The second-order valence-corrected chi connectivity index (χ2v) is 5.36. The van der Waals surface area contributed by atoms with Gasteiger partial charge in [0.1, 0.15) is 17.7 Å². The van der Waals surface area contributed by atoms with Gasteiger partial charge in [-0.05, 0) is 24.6 Å². The number of ether oxygens (including phenoxy) is 1. The number of hydrogen-bond donors (Lipinski definition) is 1. The molecule has 3 atom stereocenters. The van der Waals surface area contributed by atoms with Gasteiger partial charge < -0.3 is 9.84 Å². The fourth-order valence-corrected chi connectivity index (χ4v) is 2.40. The average Bonchev–Trinajstić information content (AvgIpc) is 2.38. The fourth-order valence-electron chi connectivity index (χ4n) is 2.40. The van der Waals surface area contributed by atoms with Gasteiger partial charge in [-0.15, -0.1) is 0 Å². The quantitative estimate of drug-likeness (QED) is 0.859. The van der Waals surface area contributed by atoms with Gasteiger partial charge in [-0.25, -0.2) is 4.39 Å². The highest BCUT2D eigenvalue weighted by Crippen LogP contribution is 2.46. The zero-order chi connectivity index (χ0) is 15.1. The van der Waals surface area contributed by atoms with Crippen LogP contribution in [0.15, 0.2) is 18.2 Å². The highest BCUT2D eigenvalue weighted by molar-refractivity contribution is 5.32. The Balaban J connectivity index is 2.20. The topological polar surface area (TPSA) is 29.5 Å². The average molecular weight is 292 g/mol. The minimum atomic E-state index is -4.75. The lowest BCUT2D eigenvalue weighted by atomic mass is 9.63. The molecule has 0 spiro atoms. The van der Waals surface area contributed by atoms with Crippen LogP contribution >= 0.6 is 0 Å². The summed E-state index contributed by atoms with van der Waals surface area (Å²) in [5.74, 6) is -1.35. The van der Waals surface area contributed by atoms with Gasteiger partial charge >= 0.3 is 6.18 Å². The third-order valence-electron chi connectivity index (χ3n) is 4.22. The maximum Gasteiger partial charge on any atom is 0.419 e. The number of aliphatic hydroxyl groups is 1. The Labute approximate surface area is 114 Å². The highest BCUT2D eigenvalue weighted by atomic mass is 19.4. The summed E-state index contributed by atoms with van der Waals surface area (Å²) in [4.78, 5) is 0. The van der Waals surface area contributed by atoms with Crippen molar-refractivity contribution in [3.63, 3.8) is 0 Å². The van der Waals surface area contributed by atoms with Crippen molar-refractivity contribution in [1.82, 2.24) is 0 Å². The third kappa shape index (κ3) is 2.49. The van der Waals surface area contributed by atoms with Gasteiger partial charge in [0.05, 0.1) is 11.7 Å². The maximum absolute atomic E-state index is 13.2. The van der Waals surface area contributed by atoms with Crippen LogP contribution < -0.4 is 4.74 Å². The van der Waals surface area contributed by atoms with Crippen LogP contribution in [0.1, 0.15) is 32.3 Å². The zero-order valence-corrected chi connectivity index (χ0v) is 11.2. The summed E-state index contributed by atoms with van der Waals surface area (Å²) < 4.78 is 56.5. The van der Waals surface area contributed by atoms with Gasteiger partial charge in [-0.3, -0.25) is 0 Å².